The Morgan fingerprint density at radius 2 is 1.81 bits per heavy atom. The van der Waals surface area contributed by atoms with E-state index in [-0.39, 0.29) is 6.29 Å². The Labute approximate surface area is 101 Å². The van der Waals surface area contributed by atoms with Gasteiger partial charge < -0.3 is 9.47 Å². The fraction of sp³-hybridized carbons (Fsp3) is 0.636. The van der Waals surface area contributed by atoms with Crippen molar-refractivity contribution in [3.8, 4) is 0 Å². The lowest BCUT2D eigenvalue weighted by Crippen LogP contribution is -2.18. The Morgan fingerprint density at radius 3 is 2.38 bits per heavy atom. The van der Waals surface area contributed by atoms with Crippen LogP contribution in [0.25, 0.3) is 0 Å². The van der Waals surface area contributed by atoms with E-state index in [4.69, 9.17) is 9.47 Å². The normalized spacial score (nSPS) is 10.9. The Hall–Kier alpha value is -0.650. The van der Waals surface area contributed by atoms with E-state index in [0.29, 0.717) is 13.2 Å². The summed E-state index contributed by atoms with van der Waals surface area (Å²) in [5, 5.41) is 0.800. The van der Waals surface area contributed by atoms with Crippen molar-refractivity contribution in [1.29, 1.82) is 0 Å². The summed E-state index contributed by atoms with van der Waals surface area (Å²) < 4.78 is 10.9. The SMILES string of the molecule is CCOC(CCSc1ncccn1)OCC. The van der Waals surface area contributed by atoms with Crippen LogP contribution in [0.15, 0.2) is 23.6 Å². The number of hydrogen-bond donors (Lipinski definition) is 0. The second-order valence-electron chi connectivity index (χ2n) is 3.01. The fourth-order valence-corrected chi connectivity index (χ4v) is 1.96. The predicted octanol–water partition coefficient (Wildman–Crippen LogP) is 2.36. The summed E-state index contributed by atoms with van der Waals surface area (Å²) in [6.45, 7) is 5.30. The summed E-state index contributed by atoms with van der Waals surface area (Å²) in [5.41, 5.74) is 0. The summed E-state index contributed by atoms with van der Waals surface area (Å²) in [6, 6.07) is 1.81. The van der Waals surface area contributed by atoms with Crippen molar-refractivity contribution in [3.63, 3.8) is 0 Å². The molecule has 0 aromatic carbocycles. The molecular weight excluding hydrogens is 224 g/mol. The lowest BCUT2D eigenvalue weighted by atomic mass is 10.5. The highest BCUT2D eigenvalue weighted by Crippen LogP contribution is 2.14. The molecule has 16 heavy (non-hydrogen) atoms. The summed E-state index contributed by atoms with van der Waals surface area (Å²) in [7, 11) is 0. The van der Waals surface area contributed by atoms with E-state index in [1.807, 2.05) is 19.9 Å². The minimum atomic E-state index is -0.105. The summed E-state index contributed by atoms with van der Waals surface area (Å²) in [6.07, 6.45) is 4.24. The van der Waals surface area contributed by atoms with Crippen molar-refractivity contribution in [2.75, 3.05) is 19.0 Å². The molecule has 1 rings (SSSR count). The van der Waals surface area contributed by atoms with Crippen molar-refractivity contribution in [2.24, 2.45) is 0 Å². The number of aromatic nitrogens is 2. The second kappa shape index (κ2) is 8.50. The van der Waals surface area contributed by atoms with Gasteiger partial charge in [-0.2, -0.15) is 0 Å². The smallest absolute Gasteiger partial charge is 0.187 e. The number of nitrogens with zero attached hydrogens (tertiary/aromatic N) is 2. The van der Waals surface area contributed by atoms with Gasteiger partial charge in [-0.1, -0.05) is 11.8 Å². The van der Waals surface area contributed by atoms with Crippen molar-refractivity contribution in [2.45, 2.75) is 31.7 Å². The van der Waals surface area contributed by atoms with Crippen LogP contribution in [-0.2, 0) is 9.47 Å². The van der Waals surface area contributed by atoms with Gasteiger partial charge in [0, 0.05) is 37.8 Å². The quantitative estimate of drug-likeness (QED) is 0.398. The molecule has 0 aliphatic carbocycles. The van der Waals surface area contributed by atoms with Gasteiger partial charge in [0.1, 0.15) is 0 Å². The first-order valence-corrected chi connectivity index (χ1v) is 6.48. The van der Waals surface area contributed by atoms with Crippen LogP contribution in [0.1, 0.15) is 20.3 Å². The zero-order chi connectivity index (χ0) is 11.6. The molecule has 1 heterocycles. The third-order valence-corrected chi connectivity index (χ3v) is 2.74. The molecule has 0 amide bonds. The molecule has 0 saturated heterocycles. The topological polar surface area (TPSA) is 44.2 Å². The highest BCUT2D eigenvalue weighted by molar-refractivity contribution is 7.99. The van der Waals surface area contributed by atoms with Crippen molar-refractivity contribution in [3.05, 3.63) is 18.5 Å². The Bertz CT molecular complexity index is 266. The molecule has 0 aliphatic rings. The van der Waals surface area contributed by atoms with Crippen LogP contribution in [-0.4, -0.2) is 35.2 Å². The molecule has 0 bridgehead atoms. The first-order chi connectivity index (χ1) is 7.86. The molecule has 0 aliphatic heterocycles. The van der Waals surface area contributed by atoms with Crippen LogP contribution >= 0.6 is 11.8 Å². The van der Waals surface area contributed by atoms with Crippen LogP contribution < -0.4 is 0 Å². The van der Waals surface area contributed by atoms with Gasteiger partial charge in [0.25, 0.3) is 0 Å². The molecular formula is C11H18N2O2S. The molecule has 1 aromatic heterocycles. The van der Waals surface area contributed by atoms with Crippen molar-refractivity contribution in [1.82, 2.24) is 9.97 Å². The molecule has 0 fully saturated rings. The summed E-state index contributed by atoms with van der Waals surface area (Å²) >= 11 is 1.62. The van der Waals surface area contributed by atoms with Gasteiger partial charge in [0.15, 0.2) is 11.4 Å². The predicted molar refractivity (Wildman–Crippen MR) is 64.4 cm³/mol. The number of rotatable bonds is 8. The Balaban J connectivity index is 2.22. The first-order valence-electron chi connectivity index (χ1n) is 5.49. The van der Waals surface area contributed by atoms with Crippen LogP contribution in [0.3, 0.4) is 0 Å². The number of thioether (sulfide) groups is 1. The lowest BCUT2D eigenvalue weighted by molar-refractivity contribution is -0.136. The largest absolute Gasteiger partial charge is 0.353 e. The van der Waals surface area contributed by atoms with E-state index >= 15 is 0 Å². The summed E-state index contributed by atoms with van der Waals surface area (Å²) in [5.74, 6) is 0.898. The molecule has 1 aromatic rings. The minimum Gasteiger partial charge on any atom is -0.353 e. The van der Waals surface area contributed by atoms with Gasteiger partial charge in [0.05, 0.1) is 0 Å². The maximum atomic E-state index is 5.44. The lowest BCUT2D eigenvalue weighted by Gasteiger charge is -2.15. The van der Waals surface area contributed by atoms with E-state index in [1.165, 1.54) is 0 Å². The Kier molecular flexibility index (Phi) is 7.12. The fourth-order valence-electron chi connectivity index (χ4n) is 1.19. The molecule has 5 heteroatoms. The summed E-state index contributed by atoms with van der Waals surface area (Å²) in [4.78, 5) is 8.28. The van der Waals surface area contributed by atoms with Crippen LogP contribution in [0.2, 0.25) is 0 Å². The standard InChI is InChI=1S/C11H18N2O2S/c1-3-14-10(15-4-2)6-9-16-11-12-7-5-8-13-11/h5,7-8,10H,3-4,6,9H2,1-2H3. The van der Waals surface area contributed by atoms with Crippen LogP contribution in [0.4, 0.5) is 0 Å². The molecule has 0 saturated carbocycles. The molecule has 0 spiro atoms. The molecule has 0 atom stereocenters. The third-order valence-electron chi connectivity index (χ3n) is 1.83. The molecule has 0 radical (unpaired) electrons. The maximum absolute atomic E-state index is 5.44. The van der Waals surface area contributed by atoms with E-state index in [2.05, 4.69) is 9.97 Å². The van der Waals surface area contributed by atoms with Gasteiger partial charge in [0.2, 0.25) is 0 Å². The Morgan fingerprint density at radius 1 is 1.19 bits per heavy atom. The average molecular weight is 242 g/mol. The third kappa shape index (κ3) is 5.44. The molecule has 0 N–H and O–H groups in total. The van der Waals surface area contributed by atoms with Crippen LogP contribution in [0.5, 0.6) is 0 Å². The van der Waals surface area contributed by atoms with E-state index < -0.39 is 0 Å². The van der Waals surface area contributed by atoms with E-state index in [9.17, 15) is 0 Å². The maximum Gasteiger partial charge on any atom is 0.187 e. The molecule has 90 valence electrons. The highest BCUT2D eigenvalue weighted by atomic mass is 32.2. The second-order valence-corrected chi connectivity index (χ2v) is 4.07. The van der Waals surface area contributed by atoms with Gasteiger partial charge >= 0.3 is 0 Å². The van der Waals surface area contributed by atoms with E-state index in [0.717, 1.165) is 17.3 Å². The number of ether oxygens (including phenoxy) is 2. The van der Waals surface area contributed by atoms with Gasteiger partial charge in [-0.25, -0.2) is 9.97 Å². The van der Waals surface area contributed by atoms with E-state index in [1.54, 1.807) is 24.2 Å². The zero-order valence-electron chi connectivity index (χ0n) is 9.76. The van der Waals surface area contributed by atoms with Gasteiger partial charge in [-0.15, -0.1) is 0 Å². The van der Waals surface area contributed by atoms with Gasteiger partial charge in [-0.3, -0.25) is 0 Å². The zero-order valence-corrected chi connectivity index (χ0v) is 10.6. The van der Waals surface area contributed by atoms with Crippen molar-refractivity contribution < 1.29 is 9.47 Å². The minimum absolute atomic E-state index is 0.105. The average Bonchev–Trinajstić information content (AvgIpc) is 2.31. The van der Waals surface area contributed by atoms with Crippen molar-refractivity contribution >= 4 is 11.8 Å². The molecule has 4 nitrogen and oxygen atoms in total. The van der Waals surface area contributed by atoms with Gasteiger partial charge in [-0.05, 0) is 19.9 Å². The number of hydrogen-bond acceptors (Lipinski definition) is 5. The highest BCUT2D eigenvalue weighted by Gasteiger charge is 2.08. The monoisotopic (exact) mass is 242 g/mol. The molecule has 0 unspecified atom stereocenters. The first kappa shape index (κ1) is 13.4. The van der Waals surface area contributed by atoms with Crippen LogP contribution in [0, 0.1) is 0 Å².